The monoisotopic (exact) mass is 441 g/mol. The van der Waals surface area contributed by atoms with Gasteiger partial charge in [0.05, 0.1) is 27.7 Å². The summed E-state index contributed by atoms with van der Waals surface area (Å²) in [5.74, 6) is 0.148. The number of rotatable bonds is 5. The first kappa shape index (κ1) is 21.6. The van der Waals surface area contributed by atoms with Crippen LogP contribution in [-0.4, -0.2) is 25.9 Å². The summed E-state index contributed by atoms with van der Waals surface area (Å²) in [6, 6.07) is 17.8. The number of thioether (sulfide) groups is 1. The van der Waals surface area contributed by atoms with Gasteiger partial charge in [0.1, 0.15) is 11.6 Å². The molecule has 0 saturated heterocycles. The summed E-state index contributed by atoms with van der Waals surface area (Å²) < 4.78 is 1.57. The van der Waals surface area contributed by atoms with Gasteiger partial charge in [-0.25, -0.2) is 9.67 Å². The molecule has 0 aliphatic carbocycles. The number of nitrogens with zero attached hydrogens (tertiary/aromatic N) is 4. The molecule has 1 amide bonds. The fourth-order valence-electron chi connectivity index (χ4n) is 3.64. The van der Waals surface area contributed by atoms with E-state index in [0.717, 1.165) is 32.7 Å². The number of nitrogens with one attached hydrogen (secondary N) is 1. The van der Waals surface area contributed by atoms with Gasteiger partial charge >= 0.3 is 0 Å². The summed E-state index contributed by atoms with van der Waals surface area (Å²) >= 11 is 1.39. The molecule has 2 heterocycles. The van der Waals surface area contributed by atoms with E-state index in [4.69, 9.17) is 4.98 Å². The van der Waals surface area contributed by atoms with Gasteiger partial charge in [-0.2, -0.15) is 10.4 Å². The summed E-state index contributed by atoms with van der Waals surface area (Å²) in [7, 11) is 0. The number of amides is 1. The van der Waals surface area contributed by atoms with Gasteiger partial charge in [0, 0.05) is 5.39 Å². The van der Waals surface area contributed by atoms with E-state index in [2.05, 4.69) is 49.4 Å². The van der Waals surface area contributed by atoms with Crippen LogP contribution >= 0.6 is 11.8 Å². The molecule has 0 bridgehead atoms. The first-order valence-corrected chi connectivity index (χ1v) is 11.1. The molecule has 2 aromatic carbocycles. The Morgan fingerprint density at radius 1 is 1.12 bits per heavy atom. The number of nitriles is 1. The van der Waals surface area contributed by atoms with E-state index in [1.807, 2.05) is 43.3 Å². The van der Waals surface area contributed by atoms with E-state index in [1.54, 1.807) is 4.68 Å². The zero-order valence-electron chi connectivity index (χ0n) is 18.4. The van der Waals surface area contributed by atoms with Gasteiger partial charge in [-0.05, 0) is 63.1 Å². The van der Waals surface area contributed by atoms with E-state index >= 15 is 0 Å². The fraction of sp³-hybridized carbons (Fsp3) is 0.200. The average molecular weight is 442 g/mol. The molecule has 2 aromatic heterocycles. The minimum Gasteiger partial charge on any atom is -0.309 e. The molecule has 7 heteroatoms. The van der Waals surface area contributed by atoms with Crippen molar-refractivity contribution in [3.8, 4) is 11.8 Å². The number of fused-ring (bicyclic) bond motifs is 1. The van der Waals surface area contributed by atoms with Crippen LogP contribution in [0.2, 0.25) is 0 Å². The molecule has 32 heavy (non-hydrogen) atoms. The highest BCUT2D eigenvalue weighted by molar-refractivity contribution is 8.00. The molecule has 4 aromatic rings. The molecule has 1 N–H and O–H groups in total. The summed E-state index contributed by atoms with van der Waals surface area (Å²) in [5, 5.41) is 18.1. The standard InChI is InChI=1S/C25H23N5OS/c1-15-10-17(3)23-21(11-15)16(2)12-22(28-23)32-18(4)25(31)29-24-19(13-26)14-27-30(24)20-8-6-5-7-9-20/h5-12,14,18H,1-4H3,(H,29,31). The predicted molar refractivity (Wildman–Crippen MR) is 128 cm³/mol. The lowest BCUT2D eigenvalue weighted by Crippen LogP contribution is -2.24. The fourth-order valence-corrected chi connectivity index (χ4v) is 4.56. The van der Waals surface area contributed by atoms with Crippen LogP contribution in [0.15, 0.2) is 59.8 Å². The molecule has 0 aliphatic heterocycles. The molecule has 0 aliphatic rings. The smallest absolute Gasteiger partial charge is 0.238 e. The topological polar surface area (TPSA) is 83.6 Å². The van der Waals surface area contributed by atoms with Crippen molar-refractivity contribution in [1.82, 2.24) is 14.8 Å². The van der Waals surface area contributed by atoms with E-state index in [1.165, 1.54) is 23.5 Å². The summed E-state index contributed by atoms with van der Waals surface area (Å²) in [6.45, 7) is 8.03. The number of hydrogen-bond donors (Lipinski definition) is 1. The van der Waals surface area contributed by atoms with Crippen molar-refractivity contribution in [1.29, 1.82) is 5.26 Å². The van der Waals surface area contributed by atoms with Gasteiger partial charge in [-0.3, -0.25) is 4.79 Å². The Labute approximate surface area is 191 Å². The van der Waals surface area contributed by atoms with E-state index < -0.39 is 5.25 Å². The predicted octanol–water partition coefficient (Wildman–Crippen LogP) is 5.34. The number of aromatic nitrogens is 3. The molecule has 0 spiro atoms. The molecule has 1 atom stereocenters. The highest BCUT2D eigenvalue weighted by atomic mass is 32.2. The van der Waals surface area contributed by atoms with Crippen LogP contribution in [0.3, 0.4) is 0 Å². The number of benzene rings is 2. The summed E-state index contributed by atoms with van der Waals surface area (Å²) in [5.41, 5.74) is 5.49. The minimum absolute atomic E-state index is 0.218. The lowest BCUT2D eigenvalue weighted by atomic mass is 10.0. The van der Waals surface area contributed by atoms with Crippen LogP contribution in [-0.2, 0) is 4.79 Å². The van der Waals surface area contributed by atoms with E-state index in [0.29, 0.717) is 11.4 Å². The van der Waals surface area contributed by atoms with Crippen molar-refractivity contribution in [2.24, 2.45) is 0 Å². The van der Waals surface area contributed by atoms with Crippen LogP contribution in [0.25, 0.3) is 16.6 Å². The number of carbonyl (C=O) groups is 1. The Hall–Kier alpha value is -3.63. The second kappa shape index (κ2) is 8.85. The zero-order chi connectivity index (χ0) is 22.8. The van der Waals surface area contributed by atoms with Crippen LogP contribution in [0.5, 0.6) is 0 Å². The van der Waals surface area contributed by atoms with Crippen LogP contribution in [0.1, 0.15) is 29.2 Å². The first-order valence-electron chi connectivity index (χ1n) is 10.3. The lowest BCUT2D eigenvalue weighted by molar-refractivity contribution is -0.115. The molecular formula is C25H23N5OS. The van der Waals surface area contributed by atoms with Gasteiger partial charge in [-0.1, -0.05) is 41.6 Å². The quantitative estimate of drug-likeness (QED) is 0.423. The number of aryl methyl sites for hydroxylation is 3. The molecule has 160 valence electrons. The van der Waals surface area contributed by atoms with Crippen molar-refractivity contribution >= 4 is 34.4 Å². The normalized spacial score (nSPS) is 11.8. The largest absolute Gasteiger partial charge is 0.309 e. The van der Waals surface area contributed by atoms with Crippen LogP contribution in [0, 0.1) is 32.1 Å². The van der Waals surface area contributed by atoms with E-state index in [9.17, 15) is 10.1 Å². The Balaban J connectivity index is 1.59. The SMILES string of the molecule is Cc1cc(C)c2nc(SC(C)C(=O)Nc3c(C#N)cnn3-c3ccccc3)cc(C)c2c1. The van der Waals surface area contributed by atoms with Gasteiger partial charge < -0.3 is 5.32 Å². The average Bonchev–Trinajstić information content (AvgIpc) is 3.17. The van der Waals surface area contributed by atoms with E-state index in [-0.39, 0.29) is 5.91 Å². The maximum atomic E-state index is 13.0. The molecule has 0 radical (unpaired) electrons. The molecular weight excluding hydrogens is 418 g/mol. The first-order chi connectivity index (χ1) is 15.4. The highest BCUT2D eigenvalue weighted by Gasteiger charge is 2.21. The third-order valence-electron chi connectivity index (χ3n) is 5.23. The third kappa shape index (κ3) is 4.23. The van der Waals surface area contributed by atoms with Gasteiger partial charge in [0.15, 0.2) is 5.82 Å². The number of para-hydroxylation sites is 1. The van der Waals surface area contributed by atoms with Crippen molar-refractivity contribution < 1.29 is 4.79 Å². The molecule has 1 unspecified atom stereocenters. The maximum Gasteiger partial charge on any atom is 0.238 e. The third-order valence-corrected chi connectivity index (χ3v) is 6.25. The van der Waals surface area contributed by atoms with Crippen molar-refractivity contribution in [2.45, 2.75) is 38.0 Å². The van der Waals surface area contributed by atoms with Gasteiger partial charge in [0.25, 0.3) is 0 Å². The Bertz CT molecular complexity index is 1350. The number of hydrogen-bond acceptors (Lipinski definition) is 5. The second-order valence-electron chi connectivity index (χ2n) is 7.77. The Morgan fingerprint density at radius 3 is 2.59 bits per heavy atom. The summed E-state index contributed by atoms with van der Waals surface area (Å²) in [6.07, 6.45) is 1.46. The number of anilines is 1. The molecule has 6 nitrogen and oxygen atoms in total. The van der Waals surface area contributed by atoms with Crippen LogP contribution < -0.4 is 5.32 Å². The number of carbonyl (C=O) groups excluding carboxylic acids is 1. The van der Waals surface area contributed by atoms with Gasteiger partial charge in [0.2, 0.25) is 5.91 Å². The van der Waals surface area contributed by atoms with Crippen molar-refractivity contribution in [3.05, 3.63) is 77.0 Å². The molecule has 0 saturated carbocycles. The van der Waals surface area contributed by atoms with Gasteiger partial charge in [-0.15, -0.1) is 0 Å². The second-order valence-corrected chi connectivity index (χ2v) is 9.13. The zero-order valence-corrected chi connectivity index (χ0v) is 19.2. The maximum absolute atomic E-state index is 13.0. The molecule has 4 rings (SSSR count). The van der Waals surface area contributed by atoms with Crippen molar-refractivity contribution in [3.63, 3.8) is 0 Å². The minimum atomic E-state index is -0.421. The lowest BCUT2D eigenvalue weighted by Gasteiger charge is -2.15. The van der Waals surface area contributed by atoms with Crippen LogP contribution in [0.4, 0.5) is 5.82 Å². The Kier molecular flexibility index (Phi) is 5.97. The number of pyridine rings is 1. The molecule has 0 fully saturated rings. The highest BCUT2D eigenvalue weighted by Crippen LogP contribution is 2.30. The van der Waals surface area contributed by atoms with Crippen molar-refractivity contribution in [2.75, 3.05) is 5.32 Å². The summed E-state index contributed by atoms with van der Waals surface area (Å²) in [4.78, 5) is 17.8. The Morgan fingerprint density at radius 2 is 1.88 bits per heavy atom.